The Morgan fingerprint density at radius 3 is 2.54 bits per heavy atom. The van der Waals surface area contributed by atoms with Gasteiger partial charge in [-0.1, -0.05) is 35.3 Å². The van der Waals surface area contributed by atoms with Crippen LogP contribution in [0.1, 0.15) is 0 Å². The first-order valence-electron chi connectivity index (χ1n) is 8.50. The van der Waals surface area contributed by atoms with Gasteiger partial charge in [-0.3, -0.25) is 4.90 Å². The van der Waals surface area contributed by atoms with Gasteiger partial charge in [0.2, 0.25) is 0 Å². The molecule has 1 N–H and O–H groups in total. The van der Waals surface area contributed by atoms with Gasteiger partial charge in [0.15, 0.2) is 0 Å². The summed E-state index contributed by atoms with van der Waals surface area (Å²) in [6.45, 7) is 3.56. The lowest BCUT2D eigenvalue weighted by atomic mass is 10.2. The van der Waals surface area contributed by atoms with Crippen molar-refractivity contribution in [2.75, 3.05) is 44.2 Å². The number of anilines is 1. The maximum absolute atomic E-state index is 13.9. The lowest BCUT2D eigenvalue weighted by Gasteiger charge is -2.36. The average Bonchev–Trinajstić information content (AvgIpc) is 2.64. The van der Waals surface area contributed by atoms with Gasteiger partial charge in [0.1, 0.15) is 24.3 Å². The molecule has 1 heterocycles. The molecule has 0 radical (unpaired) electrons. The predicted octanol–water partition coefficient (Wildman–Crippen LogP) is 3.69. The Bertz CT molecular complexity index is 739. The second-order valence-corrected chi connectivity index (χ2v) is 7.12. The van der Waals surface area contributed by atoms with Crippen molar-refractivity contribution in [1.82, 2.24) is 4.90 Å². The van der Waals surface area contributed by atoms with E-state index in [9.17, 15) is 9.50 Å². The third-order valence-corrected chi connectivity index (χ3v) is 4.91. The number of ether oxygens (including phenoxy) is 1. The van der Waals surface area contributed by atoms with Gasteiger partial charge in [-0.25, -0.2) is 4.39 Å². The smallest absolute Gasteiger partial charge is 0.146 e. The Balaban J connectivity index is 1.45. The minimum Gasteiger partial charge on any atom is -0.489 e. The van der Waals surface area contributed by atoms with E-state index in [1.54, 1.807) is 30.3 Å². The largest absolute Gasteiger partial charge is 0.489 e. The molecule has 0 aromatic heterocycles. The van der Waals surface area contributed by atoms with Crippen molar-refractivity contribution in [1.29, 1.82) is 0 Å². The number of hydrogen-bond donors (Lipinski definition) is 1. The fourth-order valence-corrected chi connectivity index (χ4v) is 3.34. The van der Waals surface area contributed by atoms with E-state index < -0.39 is 6.10 Å². The molecular formula is C19H21Cl2FN2O2. The van der Waals surface area contributed by atoms with Crippen LogP contribution < -0.4 is 9.64 Å². The Morgan fingerprint density at radius 1 is 1.08 bits per heavy atom. The van der Waals surface area contributed by atoms with Crippen molar-refractivity contribution in [2.45, 2.75) is 6.10 Å². The number of nitrogens with zero attached hydrogens (tertiary/aromatic N) is 2. The first-order chi connectivity index (χ1) is 12.5. The highest BCUT2D eigenvalue weighted by molar-refractivity contribution is 6.34. The average molecular weight is 399 g/mol. The van der Waals surface area contributed by atoms with E-state index in [4.69, 9.17) is 27.9 Å². The molecule has 2 aromatic rings. The van der Waals surface area contributed by atoms with Gasteiger partial charge in [-0.2, -0.15) is 0 Å². The van der Waals surface area contributed by atoms with Crippen molar-refractivity contribution < 1.29 is 14.2 Å². The molecule has 4 nitrogen and oxygen atoms in total. The summed E-state index contributed by atoms with van der Waals surface area (Å²) in [5, 5.41) is 11.2. The van der Waals surface area contributed by atoms with Gasteiger partial charge >= 0.3 is 0 Å². The summed E-state index contributed by atoms with van der Waals surface area (Å²) in [6.07, 6.45) is -0.648. The van der Waals surface area contributed by atoms with Gasteiger partial charge in [-0.15, -0.1) is 0 Å². The first kappa shape index (κ1) is 19.2. The Labute approximate surface area is 162 Å². The molecule has 1 unspecified atom stereocenters. The van der Waals surface area contributed by atoms with Gasteiger partial charge in [-0.05, 0) is 24.3 Å². The number of rotatable bonds is 6. The zero-order chi connectivity index (χ0) is 18.5. The molecule has 0 aliphatic carbocycles. The SMILES string of the molecule is OC(COc1cc(Cl)ccc1Cl)CN1CCN(c2ccccc2F)CC1. The normalized spacial score (nSPS) is 16.5. The number of β-amino-alcohol motifs (C(OH)–C–C–N with tert-alkyl or cyclic N) is 1. The van der Waals surface area contributed by atoms with Gasteiger partial charge in [0.05, 0.1) is 10.7 Å². The summed E-state index contributed by atoms with van der Waals surface area (Å²) in [5.74, 6) is 0.260. The molecule has 0 spiro atoms. The molecule has 1 atom stereocenters. The summed E-state index contributed by atoms with van der Waals surface area (Å²) in [7, 11) is 0. The van der Waals surface area contributed by atoms with Crippen LogP contribution in [0, 0.1) is 5.82 Å². The van der Waals surface area contributed by atoms with E-state index >= 15 is 0 Å². The van der Waals surface area contributed by atoms with Crippen LogP contribution in [0.25, 0.3) is 0 Å². The van der Waals surface area contributed by atoms with Crippen LogP contribution in [-0.2, 0) is 0 Å². The third-order valence-electron chi connectivity index (χ3n) is 4.36. The monoisotopic (exact) mass is 398 g/mol. The molecular weight excluding hydrogens is 378 g/mol. The van der Waals surface area contributed by atoms with Crippen LogP contribution in [0.4, 0.5) is 10.1 Å². The van der Waals surface area contributed by atoms with E-state index in [0.29, 0.717) is 41.1 Å². The third kappa shape index (κ3) is 5.01. The quantitative estimate of drug-likeness (QED) is 0.804. The second-order valence-electron chi connectivity index (χ2n) is 6.28. The van der Waals surface area contributed by atoms with Gasteiger partial charge < -0.3 is 14.7 Å². The van der Waals surface area contributed by atoms with Crippen LogP contribution in [0.3, 0.4) is 0 Å². The molecule has 0 saturated carbocycles. The zero-order valence-electron chi connectivity index (χ0n) is 14.2. The van der Waals surface area contributed by atoms with Crippen LogP contribution >= 0.6 is 23.2 Å². The molecule has 1 fully saturated rings. The Morgan fingerprint density at radius 2 is 1.81 bits per heavy atom. The second kappa shape index (κ2) is 8.91. The molecule has 0 amide bonds. The van der Waals surface area contributed by atoms with Crippen molar-refractivity contribution in [2.24, 2.45) is 0 Å². The molecule has 0 bridgehead atoms. The number of aliphatic hydroxyl groups is 1. The lowest BCUT2D eigenvalue weighted by Crippen LogP contribution is -2.49. The topological polar surface area (TPSA) is 35.9 Å². The first-order valence-corrected chi connectivity index (χ1v) is 9.26. The van der Waals surface area contributed by atoms with E-state index in [0.717, 1.165) is 13.1 Å². The minimum atomic E-state index is -0.648. The van der Waals surface area contributed by atoms with Crippen LogP contribution in [0.2, 0.25) is 10.0 Å². The van der Waals surface area contributed by atoms with Crippen molar-refractivity contribution >= 4 is 28.9 Å². The van der Waals surface area contributed by atoms with Gasteiger partial charge in [0, 0.05) is 43.8 Å². The summed E-state index contributed by atoms with van der Waals surface area (Å²) in [5.41, 5.74) is 0.631. The van der Waals surface area contributed by atoms with Gasteiger partial charge in [0.25, 0.3) is 0 Å². The van der Waals surface area contributed by atoms with Crippen LogP contribution in [0.5, 0.6) is 5.75 Å². The molecule has 140 valence electrons. The highest BCUT2D eigenvalue weighted by Gasteiger charge is 2.21. The highest BCUT2D eigenvalue weighted by atomic mass is 35.5. The van der Waals surface area contributed by atoms with E-state index in [-0.39, 0.29) is 12.4 Å². The Kier molecular flexibility index (Phi) is 6.59. The fraction of sp³-hybridized carbons (Fsp3) is 0.368. The van der Waals surface area contributed by atoms with Crippen molar-refractivity contribution in [3.8, 4) is 5.75 Å². The van der Waals surface area contributed by atoms with Crippen molar-refractivity contribution in [3.63, 3.8) is 0 Å². The van der Waals surface area contributed by atoms with Crippen LogP contribution in [0.15, 0.2) is 42.5 Å². The fourth-order valence-electron chi connectivity index (χ4n) is 3.00. The summed E-state index contributed by atoms with van der Waals surface area (Å²) >= 11 is 12.0. The number of piperazine rings is 1. The van der Waals surface area contributed by atoms with Crippen molar-refractivity contribution in [3.05, 3.63) is 58.3 Å². The number of para-hydroxylation sites is 1. The molecule has 26 heavy (non-hydrogen) atoms. The zero-order valence-corrected chi connectivity index (χ0v) is 15.8. The molecule has 1 saturated heterocycles. The molecule has 1 aliphatic heterocycles. The number of benzene rings is 2. The lowest BCUT2D eigenvalue weighted by molar-refractivity contribution is 0.0663. The summed E-state index contributed by atoms with van der Waals surface area (Å²) in [6, 6.07) is 11.8. The van der Waals surface area contributed by atoms with Crippen LogP contribution in [-0.4, -0.2) is 55.4 Å². The number of hydrogen-bond acceptors (Lipinski definition) is 4. The molecule has 1 aliphatic rings. The number of halogens is 3. The summed E-state index contributed by atoms with van der Waals surface area (Å²) < 4.78 is 19.4. The minimum absolute atomic E-state index is 0.133. The van der Waals surface area contributed by atoms with E-state index in [1.807, 2.05) is 11.0 Å². The summed E-state index contributed by atoms with van der Waals surface area (Å²) in [4.78, 5) is 4.17. The standard InChI is InChI=1S/C19H21Cl2FN2O2/c20-14-5-6-16(21)19(11-14)26-13-15(25)12-23-7-9-24(10-8-23)18-4-2-1-3-17(18)22/h1-6,11,15,25H,7-10,12-13H2. The van der Waals surface area contributed by atoms with E-state index in [1.165, 1.54) is 6.07 Å². The highest BCUT2D eigenvalue weighted by Crippen LogP contribution is 2.27. The maximum atomic E-state index is 13.9. The molecule has 2 aromatic carbocycles. The maximum Gasteiger partial charge on any atom is 0.146 e. The Hall–Kier alpha value is -1.53. The predicted molar refractivity (Wildman–Crippen MR) is 103 cm³/mol. The van der Waals surface area contributed by atoms with E-state index in [2.05, 4.69) is 4.90 Å². The molecule has 3 rings (SSSR count). The molecule has 7 heteroatoms. The number of aliphatic hydroxyl groups excluding tert-OH is 1.